The first-order valence-corrected chi connectivity index (χ1v) is 10.4. The van der Waals surface area contributed by atoms with Crippen LogP contribution in [-0.2, 0) is 11.2 Å². The van der Waals surface area contributed by atoms with Crippen LogP contribution in [-0.4, -0.2) is 41.2 Å². The number of benzene rings is 2. The van der Waals surface area contributed by atoms with Crippen molar-refractivity contribution < 1.29 is 9.59 Å². The molecule has 0 spiro atoms. The number of likely N-dealkylation sites (N-methyl/N-ethyl adjacent to an activating group) is 1. The van der Waals surface area contributed by atoms with Gasteiger partial charge in [0, 0.05) is 25.2 Å². The van der Waals surface area contributed by atoms with Gasteiger partial charge in [0.2, 0.25) is 5.91 Å². The molecule has 0 saturated heterocycles. The maximum absolute atomic E-state index is 13.8. The quantitative estimate of drug-likeness (QED) is 0.786. The fourth-order valence-corrected chi connectivity index (χ4v) is 4.71. The molecule has 146 valence electrons. The molecule has 4 rings (SSSR count). The van der Waals surface area contributed by atoms with E-state index < -0.39 is 0 Å². The van der Waals surface area contributed by atoms with Gasteiger partial charge in [-0.05, 0) is 42.5 Å². The summed E-state index contributed by atoms with van der Waals surface area (Å²) in [5.74, 6) is -0.148. The van der Waals surface area contributed by atoms with E-state index in [9.17, 15) is 9.59 Å². The minimum Gasteiger partial charge on any atom is -0.342 e. The smallest absolute Gasteiger partial charge is 0.254 e. The first-order valence-electron chi connectivity index (χ1n) is 10.4. The molecule has 0 saturated carbocycles. The summed E-state index contributed by atoms with van der Waals surface area (Å²) in [5.41, 5.74) is 3.94. The molecule has 2 aliphatic heterocycles. The van der Waals surface area contributed by atoms with Gasteiger partial charge in [-0.3, -0.25) is 9.59 Å². The van der Waals surface area contributed by atoms with Crippen LogP contribution in [0.2, 0.25) is 0 Å². The molecule has 2 unspecified atom stereocenters. The second-order valence-corrected chi connectivity index (χ2v) is 7.73. The van der Waals surface area contributed by atoms with E-state index in [1.54, 1.807) is 0 Å². The number of unbranched alkanes of at least 4 members (excludes halogenated alkanes) is 1. The molecule has 0 N–H and O–H groups in total. The summed E-state index contributed by atoms with van der Waals surface area (Å²) in [7, 11) is 0. The number of carbonyl (C=O) groups is 2. The number of rotatable bonds is 5. The standard InChI is InChI=1S/C24H28N2O2/c1-3-5-15-25(4-2)24(28)21-19-12-8-9-13-20(19)23(27)26-16-14-17-10-6-7-11-18(17)22(21)26/h6-13,21-22H,3-5,14-16H2,1-2H3. The van der Waals surface area contributed by atoms with Gasteiger partial charge in [-0.25, -0.2) is 0 Å². The molecule has 0 radical (unpaired) electrons. The Balaban J connectivity index is 1.84. The number of carbonyl (C=O) groups excluding carboxylic acids is 2. The predicted octanol–water partition coefficient (Wildman–Crippen LogP) is 4.17. The number of hydrogen-bond donors (Lipinski definition) is 0. The van der Waals surface area contributed by atoms with Gasteiger partial charge in [-0.15, -0.1) is 0 Å². The van der Waals surface area contributed by atoms with Crippen LogP contribution in [0, 0.1) is 0 Å². The van der Waals surface area contributed by atoms with Crippen molar-refractivity contribution >= 4 is 11.8 Å². The highest BCUT2D eigenvalue weighted by Gasteiger charge is 2.46. The third-order valence-electron chi connectivity index (χ3n) is 6.18. The average Bonchev–Trinajstić information content (AvgIpc) is 2.74. The fourth-order valence-electron chi connectivity index (χ4n) is 4.71. The summed E-state index contributed by atoms with van der Waals surface area (Å²) < 4.78 is 0. The summed E-state index contributed by atoms with van der Waals surface area (Å²) >= 11 is 0. The molecule has 0 bridgehead atoms. The molecule has 0 fully saturated rings. The number of fused-ring (bicyclic) bond motifs is 4. The van der Waals surface area contributed by atoms with Crippen LogP contribution in [0.4, 0.5) is 0 Å². The lowest BCUT2D eigenvalue weighted by molar-refractivity contribution is -0.134. The normalized spacial score (nSPS) is 20.2. The number of nitrogens with zero attached hydrogens (tertiary/aromatic N) is 2. The van der Waals surface area contributed by atoms with E-state index in [4.69, 9.17) is 0 Å². The molecule has 2 aromatic rings. The molecule has 4 nitrogen and oxygen atoms in total. The van der Waals surface area contributed by atoms with Gasteiger partial charge < -0.3 is 9.80 Å². The zero-order chi connectivity index (χ0) is 19.7. The largest absolute Gasteiger partial charge is 0.342 e. The van der Waals surface area contributed by atoms with E-state index in [2.05, 4.69) is 19.1 Å². The zero-order valence-electron chi connectivity index (χ0n) is 16.7. The Morgan fingerprint density at radius 1 is 1.07 bits per heavy atom. The Morgan fingerprint density at radius 3 is 2.54 bits per heavy atom. The molecule has 2 aliphatic rings. The number of amides is 2. The SMILES string of the molecule is CCCCN(CC)C(=O)C1c2ccccc2C(=O)N2CCc3ccccc3C12. The molecule has 0 aliphatic carbocycles. The van der Waals surface area contributed by atoms with Crippen LogP contribution in [0.25, 0.3) is 0 Å². The van der Waals surface area contributed by atoms with Crippen LogP contribution < -0.4 is 0 Å². The summed E-state index contributed by atoms with van der Waals surface area (Å²) in [6.45, 7) is 6.32. The van der Waals surface area contributed by atoms with Crippen molar-refractivity contribution in [3.05, 3.63) is 70.8 Å². The summed E-state index contributed by atoms with van der Waals surface area (Å²) in [6, 6.07) is 15.8. The molecule has 28 heavy (non-hydrogen) atoms. The second-order valence-electron chi connectivity index (χ2n) is 7.73. The van der Waals surface area contributed by atoms with E-state index in [1.807, 2.05) is 53.1 Å². The van der Waals surface area contributed by atoms with Crippen LogP contribution in [0.5, 0.6) is 0 Å². The summed E-state index contributed by atoms with van der Waals surface area (Å²) in [4.78, 5) is 30.9. The first kappa shape index (κ1) is 18.7. The van der Waals surface area contributed by atoms with E-state index in [1.165, 1.54) is 5.56 Å². The fraction of sp³-hybridized carbons (Fsp3) is 0.417. The van der Waals surface area contributed by atoms with Gasteiger partial charge in [0.25, 0.3) is 5.91 Å². The highest BCUT2D eigenvalue weighted by Crippen LogP contribution is 2.46. The lowest BCUT2D eigenvalue weighted by Crippen LogP contribution is -2.50. The Labute approximate surface area is 167 Å². The molecule has 2 amide bonds. The second kappa shape index (κ2) is 7.78. The van der Waals surface area contributed by atoms with Gasteiger partial charge in [0.1, 0.15) is 0 Å². The Kier molecular flexibility index (Phi) is 5.21. The highest BCUT2D eigenvalue weighted by molar-refractivity contribution is 6.01. The van der Waals surface area contributed by atoms with Gasteiger partial charge in [-0.1, -0.05) is 55.8 Å². The maximum atomic E-state index is 13.8. The third-order valence-corrected chi connectivity index (χ3v) is 6.18. The van der Waals surface area contributed by atoms with E-state index in [0.29, 0.717) is 18.7 Å². The monoisotopic (exact) mass is 376 g/mol. The number of hydrogen-bond acceptors (Lipinski definition) is 2. The maximum Gasteiger partial charge on any atom is 0.254 e. The Hall–Kier alpha value is -2.62. The third kappa shape index (κ3) is 3.01. The molecule has 2 aromatic carbocycles. The Bertz CT molecular complexity index is 892. The lowest BCUT2D eigenvalue weighted by Gasteiger charge is -2.46. The minimum atomic E-state index is -0.341. The van der Waals surface area contributed by atoms with E-state index >= 15 is 0 Å². The summed E-state index contributed by atoms with van der Waals surface area (Å²) in [6.07, 6.45) is 2.90. The molecular formula is C24H28N2O2. The topological polar surface area (TPSA) is 40.6 Å². The van der Waals surface area contributed by atoms with Crippen molar-refractivity contribution in [2.24, 2.45) is 0 Å². The predicted molar refractivity (Wildman–Crippen MR) is 110 cm³/mol. The lowest BCUT2D eigenvalue weighted by atomic mass is 9.75. The van der Waals surface area contributed by atoms with Crippen LogP contribution in [0.15, 0.2) is 48.5 Å². The summed E-state index contributed by atoms with van der Waals surface area (Å²) in [5, 5.41) is 0. The van der Waals surface area contributed by atoms with Crippen LogP contribution >= 0.6 is 0 Å². The van der Waals surface area contributed by atoms with Gasteiger partial charge >= 0.3 is 0 Å². The van der Waals surface area contributed by atoms with Gasteiger partial charge in [0.15, 0.2) is 0 Å². The van der Waals surface area contributed by atoms with Crippen molar-refractivity contribution in [2.75, 3.05) is 19.6 Å². The van der Waals surface area contributed by atoms with Crippen molar-refractivity contribution in [2.45, 2.75) is 45.1 Å². The van der Waals surface area contributed by atoms with E-state index in [-0.39, 0.29) is 23.8 Å². The van der Waals surface area contributed by atoms with Crippen LogP contribution in [0.1, 0.15) is 65.7 Å². The average molecular weight is 377 g/mol. The molecule has 2 atom stereocenters. The minimum absolute atomic E-state index is 0.0516. The molecule has 2 heterocycles. The van der Waals surface area contributed by atoms with Crippen molar-refractivity contribution in [3.63, 3.8) is 0 Å². The van der Waals surface area contributed by atoms with Gasteiger partial charge in [0.05, 0.1) is 12.0 Å². The highest BCUT2D eigenvalue weighted by atomic mass is 16.2. The Morgan fingerprint density at radius 2 is 1.79 bits per heavy atom. The van der Waals surface area contributed by atoms with E-state index in [0.717, 1.165) is 36.9 Å². The van der Waals surface area contributed by atoms with Crippen molar-refractivity contribution in [1.29, 1.82) is 0 Å². The molecule has 4 heteroatoms. The van der Waals surface area contributed by atoms with Crippen molar-refractivity contribution in [1.82, 2.24) is 9.80 Å². The van der Waals surface area contributed by atoms with Crippen molar-refractivity contribution in [3.8, 4) is 0 Å². The van der Waals surface area contributed by atoms with Gasteiger partial charge in [-0.2, -0.15) is 0 Å². The molecule has 0 aromatic heterocycles. The molecular weight excluding hydrogens is 348 g/mol. The first-order chi connectivity index (χ1) is 13.7. The van der Waals surface area contributed by atoms with Crippen LogP contribution in [0.3, 0.4) is 0 Å². The zero-order valence-corrected chi connectivity index (χ0v) is 16.7.